The third-order valence-electron chi connectivity index (χ3n) is 2.77. The third kappa shape index (κ3) is 1.70. The van der Waals surface area contributed by atoms with Crippen LogP contribution in [0.5, 0.6) is 0 Å². The van der Waals surface area contributed by atoms with Gasteiger partial charge in [-0.15, -0.1) is 0 Å². The molecule has 2 nitrogen and oxygen atoms in total. The van der Waals surface area contributed by atoms with E-state index in [1.165, 1.54) is 17.7 Å². The molecule has 0 spiro atoms. The summed E-state index contributed by atoms with van der Waals surface area (Å²) >= 11 is 0.665. The molecular weight excluding hydrogens is 354 g/mol. The van der Waals surface area contributed by atoms with Crippen molar-refractivity contribution in [2.24, 2.45) is 0 Å². The van der Waals surface area contributed by atoms with Gasteiger partial charge in [0.05, 0.1) is 0 Å². The second-order valence-corrected chi connectivity index (χ2v) is 8.30. The fraction of sp³-hybridized carbons (Fsp3) is 0. The van der Waals surface area contributed by atoms with Gasteiger partial charge in [-0.1, -0.05) is 0 Å². The van der Waals surface area contributed by atoms with E-state index in [1.54, 1.807) is 0 Å². The Kier molecular flexibility index (Phi) is 2.49. The van der Waals surface area contributed by atoms with E-state index in [-0.39, 0.29) is 0 Å². The topological polar surface area (TPSA) is 25.8 Å². The standard InChI is InChI=1S/C14H8N2Se2/c1-3-7-11-9(5-1)15-13(17-11)14-16-10-6-2-4-8-12(10)18-14/h1-8H. The van der Waals surface area contributed by atoms with Crippen molar-refractivity contribution in [1.29, 1.82) is 0 Å². The summed E-state index contributed by atoms with van der Waals surface area (Å²) in [6.45, 7) is 0. The second kappa shape index (κ2) is 4.18. The molecule has 4 aromatic rings. The first-order valence-corrected chi connectivity index (χ1v) is 9.04. The molecule has 0 radical (unpaired) electrons. The van der Waals surface area contributed by atoms with Crippen LogP contribution in [0.25, 0.3) is 28.7 Å². The molecule has 0 atom stereocenters. The van der Waals surface area contributed by atoms with Gasteiger partial charge in [-0.3, -0.25) is 0 Å². The van der Waals surface area contributed by atoms with Crippen LogP contribution in [-0.2, 0) is 0 Å². The molecule has 2 aromatic carbocycles. The van der Waals surface area contributed by atoms with Gasteiger partial charge < -0.3 is 0 Å². The molecule has 0 saturated carbocycles. The molecule has 4 heteroatoms. The van der Waals surface area contributed by atoms with Crippen molar-refractivity contribution in [3.05, 3.63) is 48.5 Å². The summed E-state index contributed by atoms with van der Waals surface area (Å²) in [5.41, 5.74) is 2.28. The zero-order valence-electron chi connectivity index (χ0n) is 9.33. The zero-order valence-corrected chi connectivity index (χ0v) is 12.8. The van der Waals surface area contributed by atoms with Crippen LogP contribution < -0.4 is 0 Å². The van der Waals surface area contributed by atoms with Crippen molar-refractivity contribution in [1.82, 2.24) is 9.97 Å². The van der Waals surface area contributed by atoms with Crippen molar-refractivity contribution in [3.63, 3.8) is 0 Å². The van der Waals surface area contributed by atoms with Gasteiger partial charge in [-0.2, -0.15) is 0 Å². The Morgan fingerprint density at radius 1 is 0.611 bits per heavy atom. The summed E-state index contributed by atoms with van der Waals surface area (Å²) in [7, 11) is 0. The molecule has 0 bridgehead atoms. The average Bonchev–Trinajstić information content (AvgIpc) is 3.02. The van der Waals surface area contributed by atoms with E-state index in [2.05, 4.69) is 48.5 Å². The minimum atomic E-state index is 0.333. The van der Waals surface area contributed by atoms with Crippen LogP contribution in [0.2, 0.25) is 0 Å². The second-order valence-electron chi connectivity index (χ2n) is 3.97. The summed E-state index contributed by atoms with van der Waals surface area (Å²) in [5.74, 6) is 0. The first kappa shape index (κ1) is 10.7. The molecule has 0 unspecified atom stereocenters. The molecule has 0 aliphatic carbocycles. The van der Waals surface area contributed by atoms with E-state index in [0.29, 0.717) is 29.0 Å². The molecule has 18 heavy (non-hydrogen) atoms. The number of hydrogen-bond acceptors (Lipinski definition) is 2. The zero-order chi connectivity index (χ0) is 11.9. The van der Waals surface area contributed by atoms with E-state index in [9.17, 15) is 0 Å². The first-order chi connectivity index (χ1) is 8.90. The molecule has 2 aromatic heterocycles. The number of hydrogen-bond donors (Lipinski definition) is 0. The van der Waals surface area contributed by atoms with E-state index in [1.807, 2.05) is 0 Å². The predicted molar refractivity (Wildman–Crippen MR) is 76.4 cm³/mol. The van der Waals surface area contributed by atoms with Crippen molar-refractivity contribution in [3.8, 4) is 9.14 Å². The van der Waals surface area contributed by atoms with E-state index >= 15 is 0 Å². The Morgan fingerprint density at radius 2 is 1.06 bits per heavy atom. The summed E-state index contributed by atoms with van der Waals surface area (Å²) in [6.07, 6.45) is 0. The molecule has 0 N–H and O–H groups in total. The molecule has 0 aliphatic heterocycles. The fourth-order valence-corrected chi connectivity index (χ4v) is 6.40. The summed E-state index contributed by atoms with van der Waals surface area (Å²) < 4.78 is 5.21. The van der Waals surface area contributed by atoms with Gasteiger partial charge in [-0.25, -0.2) is 0 Å². The number of aromatic nitrogens is 2. The van der Waals surface area contributed by atoms with Gasteiger partial charge in [0.25, 0.3) is 0 Å². The fourth-order valence-electron chi connectivity index (χ4n) is 1.93. The summed E-state index contributed by atoms with van der Waals surface area (Å²) in [5, 5.41) is 0. The van der Waals surface area contributed by atoms with Gasteiger partial charge in [0, 0.05) is 0 Å². The van der Waals surface area contributed by atoms with Gasteiger partial charge in [0.2, 0.25) is 0 Å². The van der Waals surface area contributed by atoms with Crippen molar-refractivity contribution in [2.75, 3.05) is 0 Å². The third-order valence-corrected chi connectivity index (χ3v) is 7.80. The number of para-hydroxylation sites is 2. The van der Waals surface area contributed by atoms with Crippen LogP contribution in [0.1, 0.15) is 0 Å². The van der Waals surface area contributed by atoms with Gasteiger partial charge in [0.15, 0.2) is 0 Å². The molecule has 0 amide bonds. The number of nitrogens with zero attached hydrogens (tertiary/aromatic N) is 2. The number of rotatable bonds is 1. The van der Waals surface area contributed by atoms with Crippen molar-refractivity contribution < 1.29 is 0 Å². The molecule has 0 aliphatic rings. The van der Waals surface area contributed by atoms with Crippen LogP contribution in [0.15, 0.2) is 48.5 Å². The Balaban J connectivity index is 1.95. The number of fused-ring (bicyclic) bond motifs is 2. The van der Waals surface area contributed by atoms with E-state index in [0.717, 1.165) is 11.0 Å². The molecule has 0 fully saturated rings. The van der Waals surface area contributed by atoms with Crippen LogP contribution in [0.3, 0.4) is 0 Å². The molecule has 0 saturated heterocycles. The summed E-state index contributed by atoms with van der Waals surface area (Å²) in [6, 6.07) is 16.8. The Bertz CT molecular complexity index is 707. The summed E-state index contributed by atoms with van der Waals surface area (Å²) in [4.78, 5) is 9.49. The molecular formula is C14H8N2Se2. The maximum absolute atomic E-state index is 4.75. The molecule has 2 heterocycles. The Labute approximate surface area is 116 Å². The maximum atomic E-state index is 4.75. The molecule has 4 rings (SSSR count). The van der Waals surface area contributed by atoms with Crippen LogP contribution >= 0.6 is 0 Å². The van der Waals surface area contributed by atoms with E-state index in [4.69, 9.17) is 9.97 Å². The van der Waals surface area contributed by atoms with Crippen LogP contribution in [0, 0.1) is 0 Å². The van der Waals surface area contributed by atoms with Gasteiger partial charge in [0.1, 0.15) is 0 Å². The monoisotopic (exact) mass is 364 g/mol. The first-order valence-electron chi connectivity index (χ1n) is 5.62. The normalized spacial score (nSPS) is 11.3. The van der Waals surface area contributed by atoms with Crippen molar-refractivity contribution >= 4 is 48.6 Å². The number of benzene rings is 2. The quantitative estimate of drug-likeness (QED) is 0.487. The predicted octanol–water partition coefficient (Wildman–Crippen LogP) is 2.56. The van der Waals surface area contributed by atoms with Crippen LogP contribution in [0.4, 0.5) is 0 Å². The minimum absolute atomic E-state index is 0.333. The Hall–Kier alpha value is -1.18. The SMILES string of the molecule is c1ccc2[se]c(-c3nc4ccccc4[se]3)nc2c1. The van der Waals surface area contributed by atoms with Crippen molar-refractivity contribution in [2.45, 2.75) is 0 Å². The molecule has 86 valence electrons. The Morgan fingerprint density at radius 3 is 1.50 bits per heavy atom. The van der Waals surface area contributed by atoms with E-state index < -0.39 is 0 Å². The van der Waals surface area contributed by atoms with Gasteiger partial charge in [-0.05, 0) is 0 Å². The average molecular weight is 362 g/mol. The van der Waals surface area contributed by atoms with Crippen LogP contribution in [-0.4, -0.2) is 39.0 Å². The van der Waals surface area contributed by atoms with Gasteiger partial charge >= 0.3 is 116 Å².